The SMILES string of the molecule is COCCN(CC(C)C)C(=O)Cl. The average molecular weight is 194 g/mol. The Morgan fingerprint density at radius 1 is 1.58 bits per heavy atom. The van der Waals surface area contributed by atoms with Crippen LogP contribution in [0.2, 0.25) is 0 Å². The largest absolute Gasteiger partial charge is 0.383 e. The van der Waals surface area contributed by atoms with E-state index in [2.05, 4.69) is 0 Å². The van der Waals surface area contributed by atoms with Gasteiger partial charge in [-0.25, -0.2) is 0 Å². The van der Waals surface area contributed by atoms with E-state index in [1.54, 1.807) is 12.0 Å². The smallest absolute Gasteiger partial charge is 0.316 e. The summed E-state index contributed by atoms with van der Waals surface area (Å²) in [5.41, 5.74) is 0. The summed E-state index contributed by atoms with van der Waals surface area (Å²) in [7, 11) is 1.60. The van der Waals surface area contributed by atoms with Crippen LogP contribution >= 0.6 is 11.6 Å². The van der Waals surface area contributed by atoms with Gasteiger partial charge >= 0.3 is 5.37 Å². The molecular weight excluding hydrogens is 178 g/mol. The Balaban J connectivity index is 3.78. The molecule has 0 aliphatic heterocycles. The van der Waals surface area contributed by atoms with Gasteiger partial charge in [0.05, 0.1) is 6.61 Å². The molecule has 0 saturated carbocycles. The summed E-state index contributed by atoms with van der Waals surface area (Å²) in [5, 5.41) is -0.402. The molecule has 1 amide bonds. The number of carbonyl (C=O) groups excluding carboxylic acids is 1. The molecule has 4 heteroatoms. The third kappa shape index (κ3) is 5.38. The molecule has 0 radical (unpaired) electrons. The molecule has 12 heavy (non-hydrogen) atoms. The van der Waals surface area contributed by atoms with Crippen LogP contribution in [0.1, 0.15) is 13.8 Å². The summed E-state index contributed by atoms with van der Waals surface area (Å²) in [6.45, 7) is 5.87. The van der Waals surface area contributed by atoms with Gasteiger partial charge in [-0.2, -0.15) is 0 Å². The maximum absolute atomic E-state index is 10.8. The molecule has 0 atom stereocenters. The minimum absolute atomic E-state index is 0.402. The van der Waals surface area contributed by atoms with Crippen molar-refractivity contribution in [1.29, 1.82) is 0 Å². The number of hydrogen-bond acceptors (Lipinski definition) is 2. The van der Waals surface area contributed by atoms with E-state index >= 15 is 0 Å². The standard InChI is InChI=1S/C8H16ClNO2/c1-7(2)6-10(8(9)11)4-5-12-3/h7H,4-6H2,1-3H3. The molecule has 0 N–H and O–H groups in total. The van der Waals surface area contributed by atoms with Gasteiger partial charge in [0.15, 0.2) is 0 Å². The monoisotopic (exact) mass is 193 g/mol. The Morgan fingerprint density at radius 2 is 2.17 bits per heavy atom. The van der Waals surface area contributed by atoms with E-state index in [4.69, 9.17) is 16.3 Å². The third-order valence-electron chi connectivity index (χ3n) is 1.40. The second-order valence-corrected chi connectivity index (χ2v) is 3.41. The molecule has 0 unspecified atom stereocenters. The van der Waals surface area contributed by atoms with Gasteiger partial charge in [-0.3, -0.25) is 4.79 Å². The van der Waals surface area contributed by atoms with E-state index in [0.29, 0.717) is 25.6 Å². The van der Waals surface area contributed by atoms with Gasteiger partial charge < -0.3 is 9.64 Å². The molecule has 3 nitrogen and oxygen atoms in total. The van der Waals surface area contributed by atoms with Crippen molar-refractivity contribution in [3.8, 4) is 0 Å². The van der Waals surface area contributed by atoms with Gasteiger partial charge in [-0.05, 0) is 17.5 Å². The van der Waals surface area contributed by atoms with Crippen LogP contribution in [0.25, 0.3) is 0 Å². The van der Waals surface area contributed by atoms with Crippen LogP contribution in [0.15, 0.2) is 0 Å². The number of ether oxygens (including phenoxy) is 1. The number of halogens is 1. The maximum Gasteiger partial charge on any atom is 0.316 e. The summed E-state index contributed by atoms with van der Waals surface area (Å²) in [4.78, 5) is 12.4. The van der Waals surface area contributed by atoms with E-state index < -0.39 is 5.37 Å². The highest BCUT2D eigenvalue weighted by Crippen LogP contribution is 2.02. The molecule has 0 aliphatic carbocycles. The zero-order valence-electron chi connectivity index (χ0n) is 7.84. The predicted molar refractivity (Wildman–Crippen MR) is 49.5 cm³/mol. The second-order valence-electron chi connectivity index (χ2n) is 3.09. The Kier molecular flexibility index (Phi) is 6.11. The van der Waals surface area contributed by atoms with Crippen LogP contribution in [0.5, 0.6) is 0 Å². The lowest BCUT2D eigenvalue weighted by atomic mass is 10.2. The zero-order chi connectivity index (χ0) is 9.56. The van der Waals surface area contributed by atoms with E-state index in [1.165, 1.54) is 0 Å². The summed E-state index contributed by atoms with van der Waals surface area (Å²) in [6, 6.07) is 0. The van der Waals surface area contributed by atoms with Crippen molar-refractivity contribution in [3.05, 3.63) is 0 Å². The molecule has 0 aromatic heterocycles. The summed E-state index contributed by atoms with van der Waals surface area (Å²) in [5.74, 6) is 0.435. The molecule has 72 valence electrons. The molecule has 0 bridgehead atoms. The van der Waals surface area contributed by atoms with E-state index in [9.17, 15) is 4.79 Å². The van der Waals surface area contributed by atoms with Gasteiger partial charge in [0.1, 0.15) is 0 Å². The molecule has 0 aromatic rings. The minimum Gasteiger partial charge on any atom is -0.383 e. The lowest BCUT2D eigenvalue weighted by Crippen LogP contribution is -2.33. The maximum atomic E-state index is 10.8. The normalized spacial score (nSPS) is 10.4. The Labute approximate surface area is 78.6 Å². The van der Waals surface area contributed by atoms with Gasteiger partial charge in [-0.1, -0.05) is 13.8 Å². The second kappa shape index (κ2) is 6.26. The quantitative estimate of drug-likeness (QED) is 0.494. The van der Waals surface area contributed by atoms with Crippen LogP contribution in [0.3, 0.4) is 0 Å². The van der Waals surface area contributed by atoms with E-state index in [0.717, 1.165) is 0 Å². The van der Waals surface area contributed by atoms with Crippen molar-refractivity contribution in [3.63, 3.8) is 0 Å². The lowest BCUT2D eigenvalue weighted by molar-refractivity contribution is 0.154. The van der Waals surface area contributed by atoms with Crippen LogP contribution in [-0.2, 0) is 4.74 Å². The molecule has 0 saturated heterocycles. The average Bonchev–Trinajstić information content (AvgIpc) is 1.96. The number of methoxy groups -OCH3 is 1. The van der Waals surface area contributed by atoms with Crippen LogP contribution < -0.4 is 0 Å². The Bertz CT molecular complexity index is 139. The number of amides is 1. The predicted octanol–water partition coefficient (Wildman–Crippen LogP) is 1.95. The molecule has 0 rings (SSSR count). The topological polar surface area (TPSA) is 29.5 Å². The van der Waals surface area contributed by atoms with Gasteiger partial charge in [0, 0.05) is 20.2 Å². The van der Waals surface area contributed by atoms with Gasteiger partial charge in [-0.15, -0.1) is 0 Å². The lowest BCUT2D eigenvalue weighted by Gasteiger charge is -2.20. The first kappa shape index (κ1) is 11.7. The first-order valence-corrected chi connectivity index (χ1v) is 4.39. The van der Waals surface area contributed by atoms with Crippen LogP contribution in [-0.4, -0.2) is 37.1 Å². The van der Waals surface area contributed by atoms with Gasteiger partial charge in [0.2, 0.25) is 0 Å². The first-order chi connectivity index (χ1) is 5.57. The fraction of sp³-hybridized carbons (Fsp3) is 0.875. The summed E-state index contributed by atoms with van der Waals surface area (Å²) < 4.78 is 4.85. The number of rotatable bonds is 5. The van der Waals surface area contributed by atoms with Crippen LogP contribution in [0, 0.1) is 5.92 Å². The Morgan fingerprint density at radius 3 is 2.50 bits per heavy atom. The van der Waals surface area contributed by atoms with Crippen molar-refractivity contribution < 1.29 is 9.53 Å². The molecular formula is C8H16ClNO2. The zero-order valence-corrected chi connectivity index (χ0v) is 8.60. The van der Waals surface area contributed by atoms with Crippen molar-refractivity contribution in [1.82, 2.24) is 4.90 Å². The molecule has 0 spiro atoms. The fourth-order valence-electron chi connectivity index (χ4n) is 0.893. The highest BCUT2D eigenvalue weighted by Gasteiger charge is 2.11. The minimum atomic E-state index is -0.402. The van der Waals surface area contributed by atoms with Crippen LogP contribution in [0.4, 0.5) is 4.79 Å². The van der Waals surface area contributed by atoms with E-state index in [-0.39, 0.29) is 0 Å². The summed E-state index contributed by atoms with van der Waals surface area (Å²) >= 11 is 5.36. The number of hydrogen-bond donors (Lipinski definition) is 0. The van der Waals surface area contributed by atoms with Crippen molar-refractivity contribution in [2.75, 3.05) is 26.8 Å². The number of carbonyl (C=O) groups is 1. The third-order valence-corrected chi connectivity index (χ3v) is 1.64. The highest BCUT2D eigenvalue weighted by atomic mass is 35.5. The fourth-order valence-corrected chi connectivity index (χ4v) is 1.05. The van der Waals surface area contributed by atoms with Crippen molar-refractivity contribution in [2.24, 2.45) is 5.92 Å². The van der Waals surface area contributed by atoms with Crippen molar-refractivity contribution in [2.45, 2.75) is 13.8 Å². The molecule has 0 aliphatic rings. The molecule has 0 fully saturated rings. The highest BCUT2D eigenvalue weighted by molar-refractivity contribution is 6.62. The first-order valence-electron chi connectivity index (χ1n) is 4.01. The molecule has 0 heterocycles. The van der Waals surface area contributed by atoms with E-state index in [1.807, 2.05) is 13.8 Å². The number of nitrogens with zero attached hydrogens (tertiary/aromatic N) is 1. The Hall–Kier alpha value is -0.280. The molecule has 0 aromatic carbocycles. The van der Waals surface area contributed by atoms with Crippen molar-refractivity contribution >= 4 is 17.0 Å². The van der Waals surface area contributed by atoms with Gasteiger partial charge in [0.25, 0.3) is 0 Å². The summed E-state index contributed by atoms with van der Waals surface area (Å²) in [6.07, 6.45) is 0.